The molecular weight excluding hydrogens is 224 g/mol. The topological polar surface area (TPSA) is 44.6 Å². The maximum absolute atomic E-state index is 9.46. The first-order valence-electron chi connectivity index (χ1n) is 7.76. The molecule has 2 fully saturated rings. The Bertz CT molecular complexity index is 266. The molecule has 0 saturated heterocycles. The minimum atomic E-state index is 0.304. The number of oxime groups is 1. The monoisotopic (exact) mass is 252 g/mol. The van der Waals surface area contributed by atoms with Crippen LogP contribution in [-0.4, -0.2) is 24.0 Å². The lowest BCUT2D eigenvalue weighted by atomic mass is 9.76. The molecule has 1 atom stereocenters. The van der Waals surface area contributed by atoms with Gasteiger partial charge in [-0.1, -0.05) is 43.7 Å². The van der Waals surface area contributed by atoms with Gasteiger partial charge in [-0.3, -0.25) is 0 Å². The van der Waals surface area contributed by atoms with Crippen LogP contribution in [0.4, 0.5) is 0 Å². The summed E-state index contributed by atoms with van der Waals surface area (Å²) in [4.78, 5) is 0. The first kappa shape index (κ1) is 13.9. The van der Waals surface area contributed by atoms with Crippen LogP contribution in [0, 0.1) is 11.8 Å². The fourth-order valence-electron chi connectivity index (χ4n) is 3.89. The van der Waals surface area contributed by atoms with Crippen LogP contribution >= 0.6 is 0 Å². The SMILES string of the molecule is CNC(/C(=N/O)C1CCCCC1)C1CCCCC1. The van der Waals surface area contributed by atoms with Crippen LogP contribution in [0.25, 0.3) is 0 Å². The van der Waals surface area contributed by atoms with Gasteiger partial charge in [-0.25, -0.2) is 0 Å². The molecule has 2 aliphatic carbocycles. The van der Waals surface area contributed by atoms with Crippen LogP contribution in [0.2, 0.25) is 0 Å². The minimum Gasteiger partial charge on any atom is -0.411 e. The van der Waals surface area contributed by atoms with E-state index in [1.54, 1.807) is 0 Å². The summed E-state index contributed by atoms with van der Waals surface area (Å²) in [5.74, 6) is 1.19. The van der Waals surface area contributed by atoms with E-state index in [9.17, 15) is 5.21 Å². The molecule has 2 saturated carbocycles. The van der Waals surface area contributed by atoms with Gasteiger partial charge in [0.25, 0.3) is 0 Å². The lowest BCUT2D eigenvalue weighted by molar-refractivity contribution is 0.279. The summed E-state index contributed by atoms with van der Waals surface area (Å²) in [5, 5.41) is 16.6. The molecule has 0 bridgehead atoms. The Morgan fingerprint density at radius 2 is 1.56 bits per heavy atom. The average Bonchev–Trinajstić information content (AvgIpc) is 2.46. The van der Waals surface area contributed by atoms with E-state index in [2.05, 4.69) is 10.5 Å². The maximum Gasteiger partial charge on any atom is 0.0773 e. The zero-order valence-electron chi connectivity index (χ0n) is 11.7. The molecule has 18 heavy (non-hydrogen) atoms. The Hall–Kier alpha value is -0.570. The van der Waals surface area contributed by atoms with Crippen molar-refractivity contribution in [1.29, 1.82) is 0 Å². The Labute approximate surface area is 111 Å². The van der Waals surface area contributed by atoms with Crippen LogP contribution in [0.5, 0.6) is 0 Å². The van der Waals surface area contributed by atoms with E-state index in [0.29, 0.717) is 17.9 Å². The highest BCUT2D eigenvalue weighted by molar-refractivity contribution is 5.91. The normalized spacial score (nSPS) is 26.2. The van der Waals surface area contributed by atoms with Gasteiger partial charge in [0, 0.05) is 5.92 Å². The Balaban J connectivity index is 2.02. The van der Waals surface area contributed by atoms with Crippen LogP contribution < -0.4 is 5.32 Å². The average molecular weight is 252 g/mol. The number of nitrogens with one attached hydrogen (secondary N) is 1. The molecule has 0 heterocycles. The molecule has 0 aromatic carbocycles. The van der Waals surface area contributed by atoms with Crippen molar-refractivity contribution in [3.05, 3.63) is 0 Å². The highest BCUT2D eigenvalue weighted by Crippen LogP contribution is 2.32. The molecule has 2 aliphatic rings. The molecular formula is C15H28N2O. The number of rotatable bonds is 4. The van der Waals surface area contributed by atoms with Gasteiger partial charge in [0.15, 0.2) is 0 Å². The number of hydrogen-bond acceptors (Lipinski definition) is 3. The summed E-state index contributed by atoms with van der Waals surface area (Å²) < 4.78 is 0. The Morgan fingerprint density at radius 3 is 2.06 bits per heavy atom. The summed E-state index contributed by atoms with van der Waals surface area (Å²) in [6.07, 6.45) is 13.0. The second-order valence-corrected chi connectivity index (χ2v) is 6.02. The second-order valence-electron chi connectivity index (χ2n) is 6.02. The Kier molecular flexibility index (Phi) is 5.48. The predicted molar refractivity (Wildman–Crippen MR) is 75.2 cm³/mol. The van der Waals surface area contributed by atoms with Crippen LogP contribution in [0.15, 0.2) is 5.16 Å². The van der Waals surface area contributed by atoms with E-state index in [0.717, 1.165) is 5.71 Å². The fraction of sp³-hybridized carbons (Fsp3) is 0.933. The summed E-state index contributed by atoms with van der Waals surface area (Å²) in [7, 11) is 2.02. The van der Waals surface area contributed by atoms with Gasteiger partial charge in [-0.05, 0) is 38.6 Å². The van der Waals surface area contributed by atoms with Gasteiger partial charge in [-0.2, -0.15) is 0 Å². The molecule has 0 radical (unpaired) electrons. The van der Waals surface area contributed by atoms with Gasteiger partial charge < -0.3 is 10.5 Å². The fourth-order valence-corrected chi connectivity index (χ4v) is 3.89. The molecule has 0 aliphatic heterocycles. The van der Waals surface area contributed by atoms with E-state index < -0.39 is 0 Å². The van der Waals surface area contributed by atoms with Crippen molar-refractivity contribution >= 4 is 5.71 Å². The molecule has 0 spiro atoms. The van der Waals surface area contributed by atoms with Crippen molar-refractivity contribution in [2.24, 2.45) is 17.0 Å². The summed E-state index contributed by atoms with van der Waals surface area (Å²) in [6.45, 7) is 0. The lowest BCUT2D eigenvalue weighted by Crippen LogP contribution is -2.45. The highest BCUT2D eigenvalue weighted by Gasteiger charge is 2.32. The minimum absolute atomic E-state index is 0.304. The number of nitrogens with zero attached hydrogens (tertiary/aromatic N) is 1. The van der Waals surface area contributed by atoms with Crippen molar-refractivity contribution in [2.45, 2.75) is 70.3 Å². The third-order valence-electron chi connectivity index (χ3n) is 4.89. The molecule has 0 aromatic rings. The van der Waals surface area contributed by atoms with Gasteiger partial charge in [0.1, 0.15) is 0 Å². The summed E-state index contributed by atoms with van der Waals surface area (Å²) in [6, 6.07) is 0.304. The quantitative estimate of drug-likeness (QED) is 0.456. The van der Waals surface area contributed by atoms with Crippen LogP contribution in [0.3, 0.4) is 0 Å². The summed E-state index contributed by atoms with van der Waals surface area (Å²) >= 11 is 0. The zero-order valence-corrected chi connectivity index (χ0v) is 11.7. The van der Waals surface area contributed by atoms with Crippen molar-refractivity contribution < 1.29 is 5.21 Å². The van der Waals surface area contributed by atoms with Gasteiger partial charge in [-0.15, -0.1) is 0 Å². The van der Waals surface area contributed by atoms with E-state index in [1.165, 1.54) is 64.2 Å². The van der Waals surface area contributed by atoms with Crippen molar-refractivity contribution in [3.63, 3.8) is 0 Å². The van der Waals surface area contributed by atoms with Crippen LogP contribution in [0.1, 0.15) is 64.2 Å². The molecule has 104 valence electrons. The smallest absolute Gasteiger partial charge is 0.0773 e. The third kappa shape index (κ3) is 3.25. The first-order chi connectivity index (χ1) is 8.86. The first-order valence-corrected chi connectivity index (χ1v) is 7.76. The molecule has 3 nitrogen and oxygen atoms in total. The predicted octanol–water partition coefficient (Wildman–Crippen LogP) is 3.57. The molecule has 2 N–H and O–H groups in total. The second kappa shape index (κ2) is 7.13. The van der Waals surface area contributed by atoms with E-state index in [4.69, 9.17) is 0 Å². The van der Waals surface area contributed by atoms with E-state index in [1.807, 2.05) is 7.05 Å². The molecule has 0 amide bonds. The van der Waals surface area contributed by atoms with Gasteiger partial charge >= 0.3 is 0 Å². The van der Waals surface area contributed by atoms with E-state index >= 15 is 0 Å². The standard InChI is InChI=1S/C15H28N2O/c1-16-14(12-8-4-2-5-9-12)15(17-18)13-10-6-3-7-11-13/h12-14,16,18H,2-11H2,1H3/b17-15+. The van der Waals surface area contributed by atoms with E-state index in [-0.39, 0.29) is 0 Å². The molecule has 0 aromatic heterocycles. The Morgan fingerprint density at radius 1 is 1.00 bits per heavy atom. The molecule has 3 heteroatoms. The highest BCUT2D eigenvalue weighted by atomic mass is 16.4. The third-order valence-corrected chi connectivity index (χ3v) is 4.89. The zero-order chi connectivity index (χ0) is 12.8. The summed E-state index contributed by atoms with van der Waals surface area (Å²) in [5.41, 5.74) is 1.05. The maximum atomic E-state index is 9.46. The van der Waals surface area contributed by atoms with Crippen molar-refractivity contribution in [3.8, 4) is 0 Å². The molecule has 1 unspecified atom stereocenters. The number of hydrogen-bond donors (Lipinski definition) is 2. The largest absolute Gasteiger partial charge is 0.411 e. The van der Waals surface area contributed by atoms with Crippen molar-refractivity contribution in [1.82, 2.24) is 5.32 Å². The van der Waals surface area contributed by atoms with Crippen LogP contribution in [-0.2, 0) is 0 Å². The van der Waals surface area contributed by atoms with Gasteiger partial charge in [0.2, 0.25) is 0 Å². The van der Waals surface area contributed by atoms with Gasteiger partial charge in [0.05, 0.1) is 11.8 Å². The van der Waals surface area contributed by atoms with Crippen molar-refractivity contribution in [2.75, 3.05) is 7.05 Å². The molecule has 2 rings (SSSR count). The lowest BCUT2D eigenvalue weighted by Gasteiger charge is -2.34.